The second-order valence-electron chi connectivity index (χ2n) is 9.26. The van der Waals surface area contributed by atoms with Crippen molar-refractivity contribution >= 4 is 30.1 Å². The lowest BCUT2D eigenvalue weighted by Gasteiger charge is -2.32. The fraction of sp³-hybridized carbons (Fsp3) is 0.167. The molecule has 0 saturated heterocycles. The van der Waals surface area contributed by atoms with Crippen LogP contribution in [-0.4, -0.2) is 69.9 Å². The summed E-state index contributed by atoms with van der Waals surface area (Å²) in [6.07, 6.45) is 3.30. The highest BCUT2D eigenvalue weighted by Gasteiger charge is 2.42. The molecule has 0 radical (unpaired) electrons. The number of benzene rings is 3. The van der Waals surface area contributed by atoms with Gasteiger partial charge in [-0.25, -0.2) is 9.59 Å². The van der Waals surface area contributed by atoms with Gasteiger partial charge >= 0.3 is 17.9 Å². The van der Waals surface area contributed by atoms with Gasteiger partial charge in [0.05, 0.1) is 32.8 Å². The molecule has 0 aromatic heterocycles. The maximum absolute atomic E-state index is 12.6. The van der Waals surface area contributed by atoms with E-state index in [1.165, 1.54) is 69.9 Å². The summed E-state index contributed by atoms with van der Waals surface area (Å²) in [7, 11) is 3.83. The molecule has 0 amide bonds. The largest absolute Gasteiger partial charge is 0.504 e. The molecule has 12 nitrogen and oxygen atoms in total. The Hall–Kier alpha value is -5.65. The number of carboxylic acids is 3. The van der Waals surface area contributed by atoms with Gasteiger partial charge in [-0.2, -0.15) is 0 Å². The van der Waals surface area contributed by atoms with Gasteiger partial charge in [-0.3, -0.25) is 4.79 Å². The third kappa shape index (κ3) is 5.24. The van der Waals surface area contributed by atoms with Crippen LogP contribution in [0.5, 0.6) is 34.5 Å². The van der Waals surface area contributed by atoms with Crippen LogP contribution in [0.15, 0.2) is 48.0 Å². The van der Waals surface area contributed by atoms with Crippen molar-refractivity contribution in [1.29, 1.82) is 0 Å². The molecule has 2 atom stereocenters. The average Bonchev–Trinajstić information content (AvgIpc) is 2.95. The molecule has 0 bridgehead atoms. The summed E-state index contributed by atoms with van der Waals surface area (Å²) in [4.78, 5) is 35.9. The minimum Gasteiger partial charge on any atom is -0.504 e. The first-order valence-corrected chi connectivity index (χ1v) is 12.2. The Morgan fingerprint density at radius 3 is 1.90 bits per heavy atom. The number of phenols is 3. The number of aliphatic carboxylic acids is 3. The molecule has 12 heteroatoms. The number of methoxy groups -OCH3 is 3. The van der Waals surface area contributed by atoms with Crippen molar-refractivity contribution in [1.82, 2.24) is 0 Å². The van der Waals surface area contributed by atoms with Gasteiger partial charge < -0.3 is 44.8 Å². The van der Waals surface area contributed by atoms with Gasteiger partial charge in [-0.1, -0.05) is 0 Å². The van der Waals surface area contributed by atoms with Crippen LogP contribution in [0.1, 0.15) is 28.2 Å². The van der Waals surface area contributed by atoms with E-state index < -0.39 is 46.8 Å². The van der Waals surface area contributed by atoms with Crippen molar-refractivity contribution < 1.29 is 59.2 Å². The highest BCUT2D eigenvalue weighted by atomic mass is 16.5. The highest BCUT2D eigenvalue weighted by molar-refractivity contribution is 6.01. The Kier molecular flexibility index (Phi) is 8.00. The molecule has 1 aliphatic carbocycles. The summed E-state index contributed by atoms with van der Waals surface area (Å²) < 4.78 is 15.7. The fourth-order valence-corrected chi connectivity index (χ4v) is 5.04. The van der Waals surface area contributed by atoms with E-state index >= 15 is 0 Å². The molecule has 0 heterocycles. The van der Waals surface area contributed by atoms with Gasteiger partial charge in [-0.05, 0) is 70.8 Å². The van der Waals surface area contributed by atoms with E-state index in [1.54, 1.807) is 0 Å². The van der Waals surface area contributed by atoms with Crippen LogP contribution in [0.4, 0.5) is 0 Å². The standard InChI is InChI=1S/C30H26O12/c1-40-21-10-14-8-19(29(36)37)26(30(38)39)25(16(14)12-20(21)31)15-9-18(28(35)23(11-15)42-3)17-6-13(4-5-24(32)33)7-22(41-2)27(17)34/h4-12,25-26,31,34-35H,1-3H3,(H,32,33)(H,36,37)(H,38,39)/b5-4+. The van der Waals surface area contributed by atoms with Gasteiger partial charge in [0.15, 0.2) is 34.5 Å². The van der Waals surface area contributed by atoms with Crippen molar-refractivity contribution in [2.75, 3.05) is 21.3 Å². The van der Waals surface area contributed by atoms with Gasteiger partial charge in [0.1, 0.15) is 0 Å². The van der Waals surface area contributed by atoms with Gasteiger partial charge in [0.2, 0.25) is 0 Å². The summed E-state index contributed by atoms with van der Waals surface area (Å²) >= 11 is 0. The second kappa shape index (κ2) is 11.5. The summed E-state index contributed by atoms with van der Waals surface area (Å²) in [6, 6.07) is 8.09. The Bertz CT molecular complexity index is 1670. The molecule has 1 aliphatic rings. The quantitative estimate of drug-likeness (QED) is 0.200. The lowest BCUT2D eigenvalue weighted by atomic mass is 9.71. The number of carbonyl (C=O) groups is 3. The molecule has 0 fully saturated rings. The van der Waals surface area contributed by atoms with Crippen molar-refractivity contribution in [2.45, 2.75) is 5.92 Å². The number of hydrogen-bond donors (Lipinski definition) is 6. The van der Waals surface area contributed by atoms with Crippen LogP contribution in [0.25, 0.3) is 23.3 Å². The van der Waals surface area contributed by atoms with Gasteiger partial charge in [-0.15, -0.1) is 0 Å². The van der Waals surface area contributed by atoms with Crippen LogP contribution < -0.4 is 14.2 Å². The number of ether oxygens (including phenoxy) is 3. The van der Waals surface area contributed by atoms with Crippen LogP contribution in [0, 0.1) is 5.92 Å². The third-order valence-electron chi connectivity index (χ3n) is 6.91. The monoisotopic (exact) mass is 578 g/mol. The number of rotatable bonds is 9. The minimum atomic E-state index is -1.64. The van der Waals surface area contributed by atoms with Crippen LogP contribution in [0.2, 0.25) is 0 Å². The zero-order valence-electron chi connectivity index (χ0n) is 22.5. The number of aromatic hydroxyl groups is 3. The summed E-state index contributed by atoms with van der Waals surface area (Å²) in [5.41, 5.74) is 0.464. The zero-order valence-corrected chi connectivity index (χ0v) is 22.5. The van der Waals surface area contributed by atoms with Gasteiger partial charge in [0.25, 0.3) is 0 Å². The van der Waals surface area contributed by atoms with E-state index in [0.29, 0.717) is 0 Å². The third-order valence-corrected chi connectivity index (χ3v) is 6.91. The number of hydrogen-bond acceptors (Lipinski definition) is 9. The predicted molar refractivity (Wildman–Crippen MR) is 148 cm³/mol. The first kappa shape index (κ1) is 29.3. The molecular formula is C30H26O12. The lowest BCUT2D eigenvalue weighted by molar-refractivity contribution is -0.144. The van der Waals surface area contributed by atoms with E-state index in [0.717, 1.165) is 6.08 Å². The number of carboxylic acid groups (broad SMARTS) is 3. The normalized spacial score (nSPS) is 15.9. The molecule has 218 valence electrons. The smallest absolute Gasteiger partial charge is 0.332 e. The lowest BCUT2D eigenvalue weighted by Crippen LogP contribution is -2.31. The van der Waals surface area contributed by atoms with E-state index in [-0.39, 0.29) is 56.4 Å². The molecule has 3 aromatic rings. The van der Waals surface area contributed by atoms with E-state index in [9.17, 15) is 39.9 Å². The summed E-state index contributed by atoms with van der Waals surface area (Å²) in [5.74, 6) is -8.38. The Balaban J connectivity index is 2.06. The minimum absolute atomic E-state index is 0.0217. The molecule has 0 spiro atoms. The Labute approximate surface area is 238 Å². The molecule has 6 N–H and O–H groups in total. The summed E-state index contributed by atoms with van der Waals surface area (Å²) in [5, 5.41) is 61.9. The molecule has 2 unspecified atom stereocenters. The Morgan fingerprint density at radius 1 is 0.762 bits per heavy atom. The first-order chi connectivity index (χ1) is 19.9. The number of phenolic OH excluding ortho intramolecular Hbond substituents is 3. The maximum atomic E-state index is 12.6. The Morgan fingerprint density at radius 2 is 1.36 bits per heavy atom. The predicted octanol–water partition coefficient (Wildman–Crippen LogP) is 3.91. The fourth-order valence-electron chi connectivity index (χ4n) is 5.04. The molecular weight excluding hydrogens is 552 g/mol. The van der Waals surface area contributed by atoms with Crippen LogP contribution in [-0.2, 0) is 14.4 Å². The average molecular weight is 579 g/mol. The van der Waals surface area contributed by atoms with Crippen LogP contribution in [0.3, 0.4) is 0 Å². The van der Waals surface area contributed by atoms with Crippen molar-refractivity contribution in [2.24, 2.45) is 5.92 Å². The maximum Gasteiger partial charge on any atom is 0.332 e. The van der Waals surface area contributed by atoms with Crippen molar-refractivity contribution in [3.8, 4) is 45.6 Å². The van der Waals surface area contributed by atoms with Crippen molar-refractivity contribution in [3.63, 3.8) is 0 Å². The second-order valence-corrected chi connectivity index (χ2v) is 9.26. The van der Waals surface area contributed by atoms with E-state index in [2.05, 4.69) is 0 Å². The SMILES string of the molecule is COc1cc2c(cc1O)C(c1cc(OC)c(O)c(-c3cc(/C=C/C(=O)O)cc(OC)c3O)c1)C(C(=O)O)C(C(=O)O)=C2. The summed E-state index contributed by atoms with van der Waals surface area (Å²) in [6.45, 7) is 0. The van der Waals surface area contributed by atoms with E-state index in [4.69, 9.17) is 19.3 Å². The van der Waals surface area contributed by atoms with E-state index in [1.807, 2.05) is 0 Å². The molecule has 3 aromatic carbocycles. The highest BCUT2D eigenvalue weighted by Crippen LogP contribution is 2.51. The first-order valence-electron chi connectivity index (χ1n) is 12.2. The number of fused-ring (bicyclic) bond motifs is 1. The van der Waals surface area contributed by atoms with Crippen LogP contribution >= 0.6 is 0 Å². The van der Waals surface area contributed by atoms with Crippen molar-refractivity contribution in [3.05, 3.63) is 70.3 Å². The van der Waals surface area contributed by atoms with Gasteiger partial charge in [0, 0.05) is 23.1 Å². The molecule has 4 rings (SSSR count). The molecule has 42 heavy (non-hydrogen) atoms. The zero-order chi connectivity index (χ0) is 30.9. The topological polar surface area (TPSA) is 200 Å². The molecule has 0 saturated carbocycles. The molecule has 0 aliphatic heterocycles.